The number of hydrogen-bond acceptors (Lipinski definition) is 7. The van der Waals surface area contributed by atoms with E-state index >= 15 is 0 Å². The smallest absolute Gasteiger partial charge is 0.420 e. The van der Waals surface area contributed by atoms with E-state index in [0.29, 0.717) is 11.4 Å². The molecule has 1 aromatic carbocycles. The first-order valence-corrected chi connectivity index (χ1v) is 8.58. The molecule has 0 aliphatic heterocycles. The molecule has 2 heterocycles. The number of pyridine rings is 1. The van der Waals surface area contributed by atoms with Crippen LogP contribution in [0.3, 0.4) is 0 Å². The van der Waals surface area contributed by atoms with Crippen LogP contribution < -0.4 is 15.4 Å². The average molecular weight is 405 g/mol. The van der Waals surface area contributed by atoms with Crippen LogP contribution in [0.2, 0.25) is 0 Å². The number of aliphatic hydroxyl groups is 1. The van der Waals surface area contributed by atoms with Crippen LogP contribution in [0.15, 0.2) is 48.7 Å². The number of methoxy groups -OCH3 is 1. The Morgan fingerprint density at radius 3 is 2.55 bits per heavy atom. The average Bonchev–Trinajstić information content (AvgIpc) is 2.72. The predicted octanol–water partition coefficient (Wildman–Crippen LogP) is 3.71. The number of benzene rings is 1. The summed E-state index contributed by atoms with van der Waals surface area (Å²) in [7, 11) is 1.18. The lowest BCUT2D eigenvalue weighted by Gasteiger charge is -2.15. The van der Waals surface area contributed by atoms with Gasteiger partial charge in [0.25, 0.3) is 0 Å². The molecule has 0 amide bonds. The van der Waals surface area contributed by atoms with Crippen LogP contribution in [-0.4, -0.2) is 40.3 Å². The van der Waals surface area contributed by atoms with Crippen LogP contribution in [-0.2, 0) is 6.18 Å². The van der Waals surface area contributed by atoms with Gasteiger partial charge in [-0.15, -0.1) is 0 Å². The summed E-state index contributed by atoms with van der Waals surface area (Å²) in [6.45, 7) is 0.0826. The Labute approximate surface area is 164 Å². The SMILES string of the molecule is COc1ccc(Nc2cc(-c3ccccn3)nc(NCCO)n2)cc1C(F)(F)F. The van der Waals surface area contributed by atoms with E-state index in [1.165, 1.54) is 19.2 Å². The lowest BCUT2D eigenvalue weighted by molar-refractivity contribution is -0.138. The molecule has 0 atom stereocenters. The third-order valence-electron chi connectivity index (χ3n) is 3.83. The van der Waals surface area contributed by atoms with E-state index in [2.05, 4.69) is 25.6 Å². The lowest BCUT2D eigenvalue weighted by atomic mass is 10.1. The first-order chi connectivity index (χ1) is 13.9. The number of rotatable bonds is 7. The van der Waals surface area contributed by atoms with Gasteiger partial charge in [-0.2, -0.15) is 18.2 Å². The number of aliphatic hydroxyl groups excluding tert-OH is 1. The van der Waals surface area contributed by atoms with Gasteiger partial charge in [0.15, 0.2) is 0 Å². The zero-order valence-corrected chi connectivity index (χ0v) is 15.4. The van der Waals surface area contributed by atoms with E-state index < -0.39 is 11.7 Å². The molecule has 7 nitrogen and oxygen atoms in total. The molecule has 29 heavy (non-hydrogen) atoms. The second kappa shape index (κ2) is 8.74. The van der Waals surface area contributed by atoms with Crippen LogP contribution in [0.4, 0.5) is 30.6 Å². The molecule has 0 saturated carbocycles. The van der Waals surface area contributed by atoms with Crippen molar-refractivity contribution in [1.29, 1.82) is 0 Å². The summed E-state index contributed by atoms with van der Waals surface area (Å²) in [4.78, 5) is 12.8. The number of aromatic nitrogens is 3. The molecule has 0 fully saturated rings. The van der Waals surface area contributed by atoms with Crippen LogP contribution in [0.25, 0.3) is 11.4 Å². The fourth-order valence-electron chi connectivity index (χ4n) is 2.56. The minimum Gasteiger partial charge on any atom is -0.496 e. The Morgan fingerprint density at radius 1 is 1.07 bits per heavy atom. The maximum atomic E-state index is 13.3. The summed E-state index contributed by atoms with van der Waals surface area (Å²) in [5.41, 5.74) is 0.309. The number of halogens is 3. The number of nitrogens with zero attached hydrogens (tertiary/aromatic N) is 3. The maximum Gasteiger partial charge on any atom is 0.420 e. The topological polar surface area (TPSA) is 92.2 Å². The van der Waals surface area contributed by atoms with Crippen LogP contribution in [0.1, 0.15) is 5.56 Å². The molecule has 152 valence electrons. The second-order valence-corrected chi connectivity index (χ2v) is 5.87. The van der Waals surface area contributed by atoms with E-state index in [1.807, 2.05) is 0 Å². The molecule has 0 radical (unpaired) electrons. The van der Waals surface area contributed by atoms with Crippen molar-refractivity contribution in [3.63, 3.8) is 0 Å². The first-order valence-electron chi connectivity index (χ1n) is 8.58. The number of ether oxygens (including phenoxy) is 1. The van der Waals surface area contributed by atoms with Gasteiger partial charge in [0.1, 0.15) is 11.6 Å². The minimum absolute atomic E-state index is 0.132. The quantitative estimate of drug-likeness (QED) is 0.552. The molecule has 0 aliphatic rings. The van der Waals surface area contributed by atoms with Crippen molar-refractivity contribution >= 4 is 17.5 Å². The van der Waals surface area contributed by atoms with Crippen molar-refractivity contribution < 1.29 is 23.0 Å². The van der Waals surface area contributed by atoms with Crippen LogP contribution >= 0.6 is 0 Å². The molecule has 0 unspecified atom stereocenters. The van der Waals surface area contributed by atoms with Crippen molar-refractivity contribution in [2.75, 3.05) is 30.9 Å². The van der Waals surface area contributed by atoms with Crippen LogP contribution in [0, 0.1) is 0 Å². The summed E-state index contributed by atoms with van der Waals surface area (Å²) in [5, 5.41) is 14.7. The van der Waals surface area contributed by atoms with Gasteiger partial charge in [0, 0.05) is 24.5 Å². The maximum absolute atomic E-state index is 13.3. The zero-order valence-electron chi connectivity index (χ0n) is 15.4. The lowest BCUT2D eigenvalue weighted by Crippen LogP contribution is -2.11. The molecular formula is C19H18F3N5O2. The van der Waals surface area contributed by atoms with E-state index in [0.717, 1.165) is 6.07 Å². The monoisotopic (exact) mass is 405 g/mol. The highest BCUT2D eigenvalue weighted by Crippen LogP contribution is 2.38. The first kappa shape index (κ1) is 20.3. The summed E-state index contributed by atoms with van der Waals surface area (Å²) in [5.74, 6) is 0.193. The van der Waals surface area contributed by atoms with Crippen molar-refractivity contribution in [3.8, 4) is 17.1 Å². The third-order valence-corrected chi connectivity index (χ3v) is 3.83. The van der Waals surface area contributed by atoms with Gasteiger partial charge in [-0.3, -0.25) is 4.98 Å². The van der Waals surface area contributed by atoms with Gasteiger partial charge < -0.3 is 20.5 Å². The second-order valence-electron chi connectivity index (χ2n) is 5.87. The highest BCUT2D eigenvalue weighted by molar-refractivity contribution is 5.66. The summed E-state index contributed by atoms with van der Waals surface area (Å²) < 4.78 is 44.6. The Hall–Kier alpha value is -3.40. The number of alkyl halides is 3. The summed E-state index contributed by atoms with van der Waals surface area (Å²) in [6, 6.07) is 10.5. The Balaban J connectivity index is 1.98. The number of nitrogens with one attached hydrogen (secondary N) is 2. The van der Waals surface area contributed by atoms with Gasteiger partial charge >= 0.3 is 6.18 Å². The Kier molecular flexibility index (Phi) is 6.13. The van der Waals surface area contributed by atoms with Gasteiger partial charge in [0.05, 0.1) is 30.7 Å². The van der Waals surface area contributed by atoms with E-state index in [9.17, 15) is 13.2 Å². The third kappa shape index (κ3) is 5.11. The van der Waals surface area contributed by atoms with Gasteiger partial charge in [-0.1, -0.05) is 6.07 Å². The van der Waals surface area contributed by atoms with Crippen molar-refractivity contribution in [1.82, 2.24) is 15.0 Å². The summed E-state index contributed by atoms with van der Waals surface area (Å²) >= 11 is 0. The molecule has 3 N–H and O–H groups in total. The van der Waals surface area contributed by atoms with Crippen molar-refractivity contribution in [2.24, 2.45) is 0 Å². The summed E-state index contributed by atoms with van der Waals surface area (Å²) in [6.07, 6.45) is -2.97. The highest BCUT2D eigenvalue weighted by Gasteiger charge is 2.34. The molecule has 0 bridgehead atoms. The molecule has 3 aromatic rings. The predicted molar refractivity (Wildman–Crippen MR) is 102 cm³/mol. The van der Waals surface area contributed by atoms with E-state index in [4.69, 9.17) is 9.84 Å². The fourth-order valence-corrected chi connectivity index (χ4v) is 2.56. The van der Waals surface area contributed by atoms with E-state index in [1.54, 1.807) is 30.5 Å². The van der Waals surface area contributed by atoms with E-state index in [-0.39, 0.29) is 36.4 Å². The molecule has 10 heteroatoms. The number of anilines is 3. The molecule has 0 aliphatic carbocycles. The van der Waals surface area contributed by atoms with Gasteiger partial charge in [0.2, 0.25) is 5.95 Å². The normalized spacial score (nSPS) is 11.2. The largest absolute Gasteiger partial charge is 0.496 e. The molecule has 3 rings (SSSR count). The van der Waals surface area contributed by atoms with Gasteiger partial charge in [-0.25, -0.2) is 4.98 Å². The minimum atomic E-state index is -4.57. The van der Waals surface area contributed by atoms with Crippen molar-refractivity contribution in [2.45, 2.75) is 6.18 Å². The van der Waals surface area contributed by atoms with Crippen molar-refractivity contribution in [3.05, 3.63) is 54.2 Å². The molecular weight excluding hydrogens is 387 g/mol. The zero-order chi connectivity index (χ0) is 20.9. The molecule has 0 saturated heterocycles. The van der Waals surface area contributed by atoms with Gasteiger partial charge in [-0.05, 0) is 30.3 Å². The molecule has 2 aromatic heterocycles. The Morgan fingerprint density at radius 2 is 1.90 bits per heavy atom. The van der Waals surface area contributed by atoms with Crippen LogP contribution in [0.5, 0.6) is 5.75 Å². The standard InChI is InChI=1S/C19H18F3N5O2/c1-29-16-6-5-12(10-13(16)19(20,21)22)25-17-11-15(14-4-2-3-7-23-14)26-18(27-17)24-8-9-28/h2-7,10-11,28H,8-9H2,1H3,(H2,24,25,26,27). The Bertz CT molecular complexity index is 968. The number of hydrogen-bond donors (Lipinski definition) is 3. The fraction of sp³-hybridized carbons (Fsp3) is 0.211. The molecule has 0 spiro atoms. The highest BCUT2D eigenvalue weighted by atomic mass is 19.4.